The summed E-state index contributed by atoms with van der Waals surface area (Å²) in [6.45, 7) is 0.389. The standard InChI is InChI=1S/C10H19F3N2O/c11-10(12,13)8-2-1-3-9(6-8,7-14)15-4-5-16/h8,15-16H,1-7,14H2. The minimum absolute atomic E-state index is 0.0208. The molecule has 1 aliphatic rings. The van der Waals surface area contributed by atoms with Crippen LogP contribution in [0.3, 0.4) is 0 Å². The number of nitrogens with two attached hydrogens (primary N) is 1. The molecule has 0 aromatic carbocycles. The zero-order valence-electron chi connectivity index (χ0n) is 9.19. The first-order valence-corrected chi connectivity index (χ1v) is 5.56. The third kappa shape index (κ3) is 3.33. The van der Waals surface area contributed by atoms with Crippen LogP contribution in [0, 0.1) is 5.92 Å². The first kappa shape index (κ1) is 13.7. The van der Waals surface area contributed by atoms with Gasteiger partial charge in [0.1, 0.15) is 0 Å². The van der Waals surface area contributed by atoms with Crippen molar-refractivity contribution in [1.82, 2.24) is 5.32 Å². The predicted octanol–water partition coefficient (Wildman–Crippen LogP) is 1.02. The molecule has 0 saturated heterocycles. The lowest BCUT2D eigenvalue weighted by Gasteiger charge is -2.41. The second kappa shape index (κ2) is 5.33. The Hall–Kier alpha value is -0.330. The summed E-state index contributed by atoms with van der Waals surface area (Å²) in [7, 11) is 0. The van der Waals surface area contributed by atoms with E-state index in [4.69, 9.17) is 10.8 Å². The molecule has 1 rings (SSSR count). The van der Waals surface area contributed by atoms with Gasteiger partial charge < -0.3 is 16.2 Å². The maximum Gasteiger partial charge on any atom is 0.391 e. The Morgan fingerprint density at radius 2 is 2.12 bits per heavy atom. The molecule has 4 N–H and O–H groups in total. The van der Waals surface area contributed by atoms with Crippen molar-refractivity contribution in [3.05, 3.63) is 0 Å². The van der Waals surface area contributed by atoms with E-state index in [1.165, 1.54) is 0 Å². The number of aliphatic hydroxyl groups excluding tert-OH is 1. The van der Waals surface area contributed by atoms with Gasteiger partial charge in [0.15, 0.2) is 0 Å². The maximum atomic E-state index is 12.6. The van der Waals surface area contributed by atoms with Crippen molar-refractivity contribution < 1.29 is 18.3 Å². The van der Waals surface area contributed by atoms with Gasteiger partial charge in [-0.05, 0) is 19.3 Å². The molecule has 0 radical (unpaired) electrons. The minimum Gasteiger partial charge on any atom is -0.395 e. The fraction of sp³-hybridized carbons (Fsp3) is 1.00. The van der Waals surface area contributed by atoms with E-state index in [1.807, 2.05) is 0 Å². The Balaban J connectivity index is 2.64. The minimum atomic E-state index is -4.14. The zero-order chi connectivity index (χ0) is 12.2. The van der Waals surface area contributed by atoms with Gasteiger partial charge >= 0.3 is 6.18 Å². The van der Waals surface area contributed by atoms with Crippen LogP contribution < -0.4 is 11.1 Å². The van der Waals surface area contributed by atoms with Gasteiger partial charge in [0.2, 0.25) is 0 Å². The Labute approximate surface area is 93.2 Å². The van der Waals surface area contributed by atoms with Crippen molar-refractivity contribution in [3.63, 3.8) is 0 Å². The van der Waals surface area contributed by atoms with E-state index in [9.17, 15) is 13.2 Å². The fourth-order valence-corrected chi connectivity index (χ4v) is 2.38. The van der Waals surface area contributed by atoms with Crippen LogP contribution in [0.5, 0.6) is 0 Å². The van der Waals surface area contributed by atoms with Gasteiger partial charge in [0, 0.05) is 18.6 Å². The number of hydrogen-bond donors (Lipinski definition) is 3. The highest BCUT2D eigenvalue weighted by molar-refractivity contribution is 4.96. The summed E-state index contributed by atoms with van der Waals surface area (Å²) in [6, 6.07) is 0. The first-order chi connectivity index (χ1) is 7.43. The second-order valence-electron chi connectivity index (χ2n) is 4.47. The number of rotatable bonds is 4. The van der Waals surface area contributed by atoms with Crippen LogP contribution in [0.2, 0.25) is 0 Å². The molecular formula is C10H19F3N2O. The van der Waals surface area contributed by atoms with Gasteiger partial charge in [0.25, 0.3) is 0 Å². The lowest BCUT2D eigenvalue weighted by molar-refractivity contribution is -0.188. The van der Waals surface area contributed by atoms with Crippen LogP contribution >= 0.6 is 0 Å². The molecule has 0 bridgehead atoms. The Morgan fingerprint density at radius 3 is 2.62 bits per heavy atom. The molecule has 0 aromatic rings. The number of hydrogen-bond acceptors (Lipinski definition) is 3. The Bertz CT molecular complexity index is 223. The van der Waals surface area contributed by atoms with Crippen molar-refractivity contribution in [2.45, 2.75) is 37.4 Å². The molecule has 0 amide bonds. The van der Waals surface area contributed by atoms with Crippen molar-refractivity contribution >= 4 is 0 Å². The highest BCUT2D eigenvalue weighted by Crippen LogP contribution is 2.41. The first-order valence-electron chi connectivity index (χ1n) is 5.56. The van der Waals surface area contributed by atoms with Crippen molar-refractivity contribution in [2.75, 3.05) is 19.7 Å². The lowest BCUT2D eigenvalue weighted by Crippen LogP contribution is -2.56. The van der Waals surface area contributed by atoms with Gasteiger partial charge in [-0.15, -0.1) is 0 Å². The van der Waals surface area contributed by atoms with Gasteiger partial charge in [0.05, 0.1) is 12.5 Å². The SMILES string of the molecule is NCC1(NCCO)CCCC(C(F)(F)F)C1. The summed E-state index contributed by atoms with van der Waals surface area (Å²) in [5, 5.41) is 11.7. The molecule has 3 nitrogen and oxygen atoms in total. The van der Waals surface area contributed by atoms with Crippen LogP contribution in [0.1, 0.15) is 25.7 Å². The summed E-state index contributed by atoms with van der Waals surface area (Å²) in [6.07, 6.45) is -2.75. The number of β-amino-alcohol motifs (C(OH)–C–C–N with tert-alkyl or cyclic N) is 1. The monoisotopic (exact) mass is 240 g/mol. The normalized spacial score (nSPS) is 31.7. The largest absolute Gasteiger partial charge is 0.395 e. The summed E-state index contributed by atoms with van der Waals surface area (Å²) in [5.74, 6) is -1.27. The third-order valence-electron chi connectivity index (χ3n) is 3.31. The van der Waals surface area contributed by atoms with Gasteiger partial charge in [-0.2, -0.15) is 13.2 Å². The highest BCUT2D eigenvalue weighted by Gasteiger charge is 2.46. The molecule has 0 spiro atoms. The molecule has 96 valence electrons. The maximum absolute atomic E-state index is 12.6. The van der Waals surface area contributed by atoms with E-state index >= 15 is 0 Å². The molecule has 1 fully saturated rings. The second-order valence-corrected chi connectivity index (χ2v) is 4.47. The van der Waals surface area contributed by atoms with Crippen molar-refractivity contribution in [1.29, 1.82) is 0 Å². The van der Waals surface area contributed by atoms with Crippen LogP contribution in [0.25, 0.3) is 0 Å². The van der Waals surface area contributed by atoms with Crippen LogP contribution in [0.15, 0.2) is 0 Å². The smallest absolute Gasteiger partial charge is 0.391 e. The summed E-state index contributed by atoms with van der Waals surface area (Å²) < 4.78 is 37.9. The Morgan fingerprint density at radius 1 is 1.44 bits per heavy atom. The van der Waals surface area contributed by atoms with Crippen LogP contribution in [-0.4, -0.2) is 36.5 Å². The molecule has 6 heteroatoms. The Kier molecular flexibility index (Phi) is 4.58. The van der Waals surface area contributed by atoms with Gasteiger partial charge in [-0.25, -0.2) is 0 Å². The average molecular weight is 240 g/mol. The van der Waals surface area contributed by atoms with Gasteiger partial charge in [-0.3, -0.25) is 0 Å². The molecule has 2 atom stereocenters. The molecule has 0 aliphatic heterocycles. The highest BCUT2D eigenvalue weighted by atomic mass is 19.4. The number of alkyl halides is 3. The number of nitrogens with one attached hydrogen (secondary N) is 1. The number of aliphatic hydroxyl groups is 1. The average Bonchev–Trinajstić information content (AvgIpc) is 2.25. The molecule has 0 aromatic heterocycles. The molecule has 0 heterocycles. The van der Waals surface area contributed by atoms with Crippen LogP contribution in [0.4, 0.5) is 13.2 Å². The number of halogens is 3. The van der Waals surface area contributed by atoms with Crippen molar-refractivity contribution in [3.8, 4) is 0 Å². The summed E-state index contributed by atoms with van der Waals surface area (Å²) in [4.78, 5) is 0. The zero-order valence-corrected chi connectivity index (χ0v) is 9.19. The summed E-state index contributed by atoms with van der Waals surface area (Å²) in [5.41, 5.74) is 4.92. The molecule has 16 heavy (non-hydrogen) atoms. The van der Waals surface area contributed by atoms with E-state index in [0.29, 0.717) is 19.4 Å². The van der Waals surface area contributed by atoms with Crippen LogP contribution in [-0.2, 0) is 0 Å². The van der Waals surface area contributed by atoms with E-state index in [2.05, 4.69) is 5.32 Å². The summed E-state index contributed by atoms with van der Waals surface area (Å²) >= 11 is 0. The topological polar surface area (TPSA) is 58.3 Å². The van der Waals surface area contributed by atoms with E-state index < -0.39 is 17.6 Å². The molecule has 2 unspecified atom stereocenters. The van der Waals surface area contributed by atoms with E-state index in [-0.39, 0.29) is 26.0 Å². The fourth-order valence-electron chi connectivity index (χ4n) is 2.38. The third-order valence-corrected chi connectivity index (χ3v) is 3.31. The van der Waals surface area contributed by atoms with E-state index in [0.717, 1.165) is 0 Å². The molecule has 1 saturated carbocycles. The van der Waals surface area contributed by atoms with Gasteiger partial charge in [-0.1, -0.05) is 6.42 Å². The molecule has 1 aliphatic carbocycles. The van der Waals surface area contributed by atoms with E-state index in [1.54, 1.807) is 0 Å². The quantitative estimate of drug-likeness (QED) is 0.687. The van der Waals surface area contributed by atoms with Crippen molar-refractivity contribution in [2.24, 2.45) is 11.7 Å². The molecular weight excluding hydrogens is 221 g/mol. The predicted molar refractivity (Wildman–Crippen MR) is 54.9 cm³/mol. The lowest BCUT2D eigenvalue weighted by atomic mass is 9.75.